The zero-order valence-corrected chi connectivity index (χ0v) is 11.0. The molecule has 2 aliphatic rings. The van der Waals surface area contributed by atoms with E-state index in [4.69, 9.17) is 0 Å². The van der Waals surface area contributed by atoms with Crippen LogP contribution >= 0.6 is 0 Å². The number of hydrogen-bond donors (Lipinski definition) is 0. The summed E-state index contributed by atoms with van der Waals surface area (Å²) in [6.07, 6.45) is 0.877. The van der Waals surface area contributed by atoms with Gasteiger partial charge in [0.25, 0.3) is 11.8 Å². The second-order valence-electron chi connectivity index (χ2n) is 5.08. The number of benzene rings is 1. The van der Waals surface area contributed by atoms with Gasteiger partial charge in [-0.1, -0.05) is 17.7 Å². The molecule has 0 spiro atoms. The van der Waals surface area contributed by atoms with E-state index in [1.54, 1.807) is 10.0 Å². The Morgan fingerprint density at radius 3 is 1.95 bits per heavy atom. The van der Waals surface area contributed by atoms with Crippen molar-refractivity contribution in [2.45, 2.75) is 13.3 Å². The summed E-state index contributed by atoms with van der Waals surface area (Å²) in [6, 6.07) is 7.91. The molecule has 0 atom stereocenters. The highest BCUT2D eigenvalue weighted by Gasteiger charge is 2.35. The maximum atomic E-state index is 12.2. The number of hydrogen-bond acceptors (Lipinski definition) is 3. The molecule has 1 aromatic carbocycles. The van der Waals surface area contributed by atoms with Gasteiger partial charge < -0.3 is 4.90 Å². The fourth-order valence-electron chi connectivity index (χ4n) is 2.61. The second-order valence-corrected chi connectivity index (χ2v) is 5.08. The maximum absolute atomic E-state index is 12.2. The first-order chi connectivity index (χ1) is 9.15. The Balaban J connectivity index is 1.86. The van der Waals surface area contributed by atoms with E-state index in [1.807, 2.05) is 36.1 Å². The number of amides is 2. The van der Waals surface area contributed by atoms with Crippen LogP contribution < -0.4 is 4.90 Å². The van der Waals surface area contributed by atoms with Gasteiger partial charge in [0, 0.05) is 18.8 Å². The third kappa shape index (κ3) is 2.16. The van der Waals surface area contributed by atoms with Crippen molar-refractivity contribution in [2.75, 3.05) is 31.1 Å². The maximum Gasteiger partial charge on any atom is 0.260 e. The molecule has 2 amide bonds. The average molecular weight is 259 g/mol. The third-order valence-corrected chi connectivity index (χ3v) is 3.66. The minimum Gasteiger partial charge on any atom is -0.353 e. The van der Waals surface area contributed by atoms with Crippen LogP contribution in [0.1, 0.15) is 12.0 Å². The van der Waals surface area contributed by atoms with Gasteiger partial charge in [0.1, 0.15) is 0 Å². The van der Waals surface area contributed by atoms with Crippen molar-refractivity contribution in [1.29, 1.82) is 0 Å². The molecule has 1 aromatic rings. The second kappa shape index (κ2) is 4.57. The summed E-state index contributed by atoms with van der Waals surface area (Å²) in [7, 11) is 0. The lowest BCUT2D eigenvalue weighted by Crippen LogP contribution is -2.44. The van der Waals surface area contributed by atoms with Crippen LogP contribution in [0.4, 0.5) is 5.69 Å². The Morgan fingerprint density at radius 2 is 1.42 bits per heavy atom. The molecular formula is C14H17N3O2. The summed E-state index contributed by atoms with van der Waals surface area (Å²) in [5.74, 6) is 0.00727. The quantitative estimate of drug-likeness (QED) is 0.749. The van der Waals surface area contributed by atoms with Gasteiger partial charge in [-0.15, -0.1) is 0 Å². The number of carbonyl (C=O) groups is 2. The van der Waals surface area contributed by atoms with Crippen LogP contribution in [0, 0.1) is 6.92 Å². The lowest BCUT2D eigenvalue weighted by atomic mass is 10.2. The lowest BCUT2D eigenvalue weighted by molar-refractivity contribution is -0.153. The van der Waals surface area contributed by atoms with E-state index < -0.39 is 0 Å². The lowest BCUT2D eigenvalue weighted by Gasteiger charge is -2.24. The Labute approximate surface area is 112 Å². The molecule has 5 nitrogen and oxygen atoms in total. The van der Waals surface area contributed by atoms with E-state index in [1.165, 1.54) is 5.56 Å². The number of anilines is 1. The molecule has 0 N–H and O–H groups in total. The fourth-order valence-corrected chi connectivity index (χ4v) is 2.61. The van der Waals surface area contributed by atoms with Crippen LogP contribution in [-0.2, 0) is 9.59 Å². The van der Waals surface area contributed by atoms with Gasteiger partial charge >= 0.3 is 0 Å². The summed E-state index contributed by atoms with van der Waals surface area (Å²) in [5.41, 5.74) is 2.09. The van der Waals surface area contributed by atoms with Crippen molar-refractivity contribution in [1.82, 2.24) is 10.0 Å². The standard InChI is InChI=1S/C14H17N3O2/c1-11-3-5-12(6-4-11)15-9-13(18)16-7-2-8-17(16)14(19)10-15/h3-6H,2,7-10H2,1H3. The number of nitrogens with zero attached hydrogens (tertiary/aromatic N) is 3. The van der Waals surface area contributed by atoms with Gasteiger partial charge in [-0.3, -0.25) is 9.59 Å². The predicted molar refractivity (Wildman–Crippen MR) is 71.4 cm³/mol. The highest BCUT2D eigenvalue weighted by molar-refractivity contribution is 5.91. The van der Waals surface area contributed by atoms with Crippen LogP contribution in [0.5, 0.6) is 0 Å². The Kier molecular flexibility index (Phi) is 2.89. The smallest absolute Gasteiger partial charge is 0.260 e. The molecule has 100 valence electrons. The molecule has 0 aromatic heterocycles. The predicted octanol–water partition coefficient (Wildman–Crippen LogP) is 0.791. The first-order valence-electron chi connectivity index (χ1n) is 6.57. The first kappa shape index (κ1) is 12.0. The molecule has 5 heteroatoms. The van der Waals surface area contributed by atoms with Crippen LogP contribution in [0.15, 0.2) is 24.3 Å². The molecule has 0 bridgehead atoms. The summed E-state index contributed by atoms with van der Waals surface area (Å²) in [4.78, 5) is 26.2. The van der Waals surface area contributed by atoms with Crippen molar-refractivity contribution >= 4 is 17.5 Å². The van der Waals surface area contributed by atoms with E-state index in [2.05, 4.69) is 0 Å². The molecule has 19 heavy (non-hydrogen) atoms. The normalized spacial score (nSPS) is 19.7. The average Bonchev–Trinajstić information content (AvgIpc) is 2.84. The third-order valence-electron chi connectivity index (χ3n) is 3.66. The zero-order chi connectivity index (χ0) is 13.4. The van der Waals surface area contributed by atoms with Crippen molar-refractivity contribution in [3.63, 3.8) is 0 Å². The van der Waals surface area contributed by atoms with E-state index >= 15 is 0 Å². The number of fused-ring (bicyclic) bond motifs is 1. The van der Waals surface area contributed by atoms with Gasteiger partial charge in [-0.25, -0.2) is 10.0 Å². The minimum atomic E-state index is 0.00363. The molecular weight excluding hydrogens is 242 g/mol. The van der Waals surface area contributed by atoms with E-state index in [0.717, 1.165) is 12.1 Å². The van der Waals surface area contributed by atoms with Gasteiger partial charge in [0.05, 0.1) is 13.1 Å². The molecule has 2 fully saturated rings. The number of rotatable bonds is 1. The number of hydrazine groups is 1. The summed E-state index contributed by atoms with van der Waals surface area (Å²) >= 11 is 0. The monoisotopic (exact) mass is 259 g/mol. The largest absolute Gasteiger partial charge is 0.353 e. The Hall–Kier alpha value is -2.04. The molecule has 0 aliphatic carbocycles. The zero-order valence-electron chi connectivity index (χ0n) is 11.0. The SMILES string of the molecule is Cc1ccc(N2CC(=O)N3CCCN3C(=O)C2)cc1. The van der Waals surface area contributed by atoms with Crippen molar-refractivity contribution in [3.8, 4) is 0 Å². The molecule has 2 aliphatic heterocycles. The van der Waals surface area contributed by atoms with E-state index in [-0.39, 0.29) is 24.9 Å². The van der Waals surface area contributed by atoms with Gasteiger partial charge in [-0.2, -0.15) is 0 Å². The fraction of sp³-hybridized carbons (Fsp3) is 0.429. The molecule has 0 radical (unpaired) electrons. The highest BCUT2D eigenvalue weighted by atomic mass is 16.2. The number of carbonyl (C=O) groups excluding carboxylic acids is 2. The Morgan fingerprint density at radius 1 is 0.895 bits per heavy atom. The molecule has 0 saturated carbocycles. The summed E-state index contributed by atoms with van der Waals surface area (Å²) < 4.78 is 0. The van der Waals surface area contributed by atoms with Crippen LogP contribution in [-0.4, -0.2) is 48.0 Å². The first-order valence-corrected chi connectivity index (χ1v) is 6.57. The van der Waals surface area contributed by atoms with Crippen molar-refractivity contribution in [3.05, 3.63) is 29.8 Å². The summed E-state index contributed by atoms with van der Waals surface area (Å²) in [6.45, 7) is 3.87. The van der Waals surface area contributed by atoms with E-state index in [0.29, 0.717) is 13.1 Å². The van der Waals surface area contributed by atoms with Crippen LogP contribution in [0.25, 0.3) is 0 Å². The molecule has 3 rings (SSSR count). The van der Waals surface area contributed by atoms with Crippen molar-refractivity contribution in [2.24, 2.45) is 0 Å². The summed E-state index contributed by atoms with van der Waals surface area (Å²) in [5, 5.41) is 3.19. The molecule has 2 heterocycles. The van der Waals surface area contributed by atoms with Gasteiger partial charge in [0.15, 0.2) is 0 Å². The van der Waals surface area contributed by atoms with E-state index in [9.17, 15) is 9.59 Å². The van der Waals surface area contributed by atoms with Crippen molar-refractivity contribution < 1.29 is 9.59 Å². The molecule has 2 saturated heterocycles. The highest BCUT2D eigenvalue weighted by Crippen LogP contribution is 2.20. The Bertz CT molecular complexity index is 488. The van der Waals surface area contributed by atoms with Crippen LogP contribution in [0.3, 0.4) is 0 Å². The van der Waals surface area contributed by atoms with Gasteiger partial charge in [0.2, 0.25) is 0 Å². The van der Waals surface area contributed by atoms with Crippen LogP contribution in [0.2, 0.25) is 0 Å². The van der Waals surface area contributed by atoms with Gasteiger partial charge in [-0.05, 0) is 25.5 Å². The topological polar surface area (TPSA) is 43.9 Å². The number of aryl methyl sites for hydroxylation is 1. The minimum absolute atomic E-state index is 0.00363. The molecule has 0 unspecified atom stereocenters.